The number of hydrazone groups is 1. The molecular weight excluding hydrogens is 328 g/mol. The number of aryl methyl sites for hydroxylation is 1. The van der Waals surface area contributed by atoms with Crippen LogP contribution in [0.1, 0.15) is 16.7 Å². The van der Waals surface area contributed by atoms with E-state index in [-0.39, 0.29) is 5.11 Å². The van der Waals surface area contributed by atoms with Crippen LogP contribution in [0.15, 0.2) is 47.6 Å². The minimum Gasteiger partial charge on any atom is -0.384 e. The molecule has 0 saturated carbocycles. The molecule has 0 fully saturated rings. The maximum Gasteiger partial charge on any atom is 0.184 e. The van der Waals surface area contributed by atoms with Crippen LogP contribution in [-0.4, -0.2) is 17.9 Å². The fourth-order valence-electron chi connectivity index (χ4n) is 2.13. The van der Waals surface area contributed by atoms with Crippen molar-refractivity contribution in [2.75, 3.05) is 11.9 Å². The molecule has 0 aromatic heterocycles. The highest BCUT2D eigenvalue weighted by Gasteiger charge is 2.00. The predicted octanol–water partition coefficient (Wildman–Crippen LogP) is 3.47. The molecule has 0 radical (unpaired) electrons. The van der Waals surface area contributed by atoms with E-state index in [0.717, 1.165) is 34.8 Å². The zero-order chi connectivity index (χ0) is 16.7. The van der Waals surface area contributed by atoms with Gasteiger partial charge in [0.25, 0.3) is 0 Å². The number of thiocarbonyl (C=S) groups is 1. The number of hydrogen-bond acceptors (Lipinski definition) is 3. The lowest BCUT2D eigenvalue weighted by Crippen LogP contribution is -2.23. The predicted molar refractivity (Wildman–Crippen MR) is 102 cm³/mol. The molecule has 4 N–H and O–H groups in total. The van der Waals surface area contributed by atoms with Gasteiger partial charge in [0.05, 0.1) is 6.21 Å². The van der Waals surface area contributed by atoms with Crippen LogP contribution < -0.4 is 16.5 Å². The second-order valence-electron chi connectivity index (χ2n) is 5.11. The SMILES string of the molecule is Cc1cc(/C=N/NC(N)=S)ccc1NCCc1ccc(Cl)cc1. The molecule has 6 heteroatoms. The lowest BCUT2D eigenvalue weighted by molar-refractivity contribution is 1.02. The summed E-state index contributed by atoms with van der Waals surface area (Å²) in [6.45, 7) is 2.92. The summed E-state index contributed by atoms with van der Waals surface area (Å²) < 4.78 is 0. The third-order valence-electron chi connectivity index (χ3n) is 3.28. The van der Waals surface area contributed by atoms with E-state index in [1.54, 1.807) is 6.21 Å². The molecule has 0 atom stereocenters. The summed E-state index contributed by atoms with van der Waals surface area (Å²) in [7, 11) is 0. The first kappa shape index (κ1) is 17.2. The summed E-state index contributed by atoms with van der Waals surface area (Å²) in [5.41, 5.74) is 12.3. The van der Waals surface area contributed by atoms with Gasteiger partial charge in [-0.05, 0) is 66.5 Å². The van der Waals surface area contributed by atoms with E-state index in [1.807, 2.05) is 36.4 Å². The second kappa shape index (κ2) is 8.50. The Morgan fingerprint density at radius 1 is 1.26 bits per heavy atom. The molecule has 2 aromatic carbocycles. The molecule has 0 unspecified atom stereocenters. The number of nitrogens with one attached hydrogen (secondary N) is 2. The molecular formula is C17H19ClN4S. The molecule has 2 rings (SSSR count). The lowest BCUT2D eigenvalue weighted by atomic mass is 10.1. The smallest absolute Gasteiger partial charge is 0.184 e. The number of anilines is 1. The maximum atomic E-state index is 5.89. The van der Waals surface area contributed by atoms with Crippen LogP contribution in [0.2, 0.25) is 5.02 Å². The lowest BCUT2D eigenvalue weighted by Gasteiger charge is -2.10. The van der Waals surface area contributed by atoms with Crippen molar-refractivity contribution in [1.82, 2.24) is 5.43 Å². The number of rotatable bonds is 6. The summed E-state index contributed by atoms with van der Waals surface area (Å²) in [6, 6.07) is 14.0. The van der Waals surface area contributed by atoms with E-state index in [1.165, 1.54) is 5.56 Å². The molecule has 0 spiro atoms. The summed E-state index contributed by atoms with van der Waals surface area (Å²) in [5, 5.41) is 8.31. The van der Waals surface area contributed by atoms with Crippen LogP contribution in [-0.2, 0) is 6.42 Å². The van der Waals surface area contributed by atoms with Crippen molar-refractivity contribution in [2.24, 2.45) is 10.8 Å². The largest absolute Gasteiger partial charge is 0.384 e. The van der Waals surface area contributed by atoms with Gasteiger partial charge in [0.2, 0.25) is 0 Å². The first-order valence-corrected chi connectivity index (χ1v) is 8.00. The van der Waals surface area contributed by atoms with Crippen molar-refractivity contribution in [3.8, 4) is 0 Å². The first-order chi connectivity index (χ1) is 11.0. The average molecular weight is 347 g/mol. The Bertz CT molecular complexity index is 698. The van der Waals surface area contributed by atoms with E-state index < -0.39 is 0 Å². The van der Waals surface area contributed by atoms with Gasteiger partial charge in [-0.3, -0.25) is 5.43 Å². The summed E-state index contributed by atoms with van der Waals surface area (Å²) in [5.74, 6) is 0. The molecule has 0 aliphatic heterocycles. The monoisotopic (exact) mass is 346 g/mol. The molecule has 4 nitrogen and oxygen atoms in total. The minimum atomic E-state index is 0.151. The van der Waals surface area contributed by atoms with Gasteiger partial charge >= 0.3 is 0 Å². The fourth-order valence-corrected chi connectivity index (χ4v) is 2.31. The highest BCUT2D eigenvalue weighted by Crippen LogP contribution is 2.16. The third-order valence-corrected chi connectivity index (χ3v) is 3.62. The van der Waals surface area contributed by atoms with Crippen LogP contribution in [0.4, 0.5) is 5.69 Å². The average Bonchev–Trinajstić information content (AvgIpc) is 2.51. The zero-order valence-electron chi connectivity index (χ0n) is 12.8. The van der Waals surface area contributed by atoms with Crippen molar-refractivity contribution in [2.45, 2.75) is 13.3 Å². The van der Waals surface area contributed by atoms with Crippen molar-refractivity contribution in [1.29, 1.82) is 0 Å². The Balaban J connectivity index is 1.89. The van der Waals surface area contributed by atoms with Gasteiger partial charge in [-0.1, -0.05) is 29.8 Å². The molecule has 0 aliphatic carbocycles. The Morgan fingerprint density at radius 2 is 2.00 bits per heavy atom. The maximum absolute atomic E-state index is 5.89. The van der Waals surface area contributed by atoms with Gasteiger partial charge in [-0.15, -0.1) is 0 Å². The van der Waals surface area contributed by atoms with Gasteiger partial charge < -0.3 is 11.1 Å². The van der Waals surface area contributed by atoms with E-state index in [9.17, 15) is 0 Å². The molecule has 0 aliphatic rings. The number of nitrogens with zero attached hydrogens (tertiary/aromatic N) is 1. The van der Waals surface area contributed by atoms with Crippen molar-refractivity contribution < 1.29 is 0 Å². The van der Waals surface area contributed by atoms with E-state index in [4.69, 9.17) is 17.3 Å². The Kier molecular flexibility index (Phi) is 6.38. The second-order valence-corrected chi connectivity index (χ2v) is 5.99. The van der Waals surface area contributed by atoms with Crippen LogP contribution in [0, 0.1) is 6.92 Å². The highest BCUT2D eigenvalue weighted by molar-refractivity contribution is 7.80. The standard InChI is InChI=1S/C17H19ClN4S/c1-12-10-14(11-21-22-17(19)23)4-7-16(12)20-9-8-13-2-5-15(18)6-3-13/h2-7,10-11,20H,8-9H2,1H3,(H3,19,22,23)/b21-11+. The quantitative estimate of drug-likeness (QED) is 0.426. The summed E-state index contributed by atoms with van der Waals surface area (Å²) in [6.07, 6.45) is 2.63. The van der Waals surface area contributed by atoms with Crippen LogP contribution in [0.5, 0.6) is 0 Å². The van der Waals surface area contributed by atoms with Crippen molar-refractivity contribution in [3.05, 3.63) is 64.2 Å². The van der Waals surface area contributed by atoms with E-state index in [0.29, 0.717) is 0 Å². The van der Waals surface area contributed by atoms with Gasteiger partial charge in [0, 0.05) is 17.3 Å². The number of hydrogen-bond donors (Lipinski definition) is 3. The van der Waals surface area contributed by atoms with Crippen molar-refractivity contribution >= 4 is 40.8 Å². The third kappa shape index (κ3) is 5.88. The zero-order valence-corrected chi connectivity index (χ0v) is 14.4. The minimum absolute atomic E-state index is 0.151. The molecule has 0 heterocycles. The molecule has 0 amide bonds. The molecule has 120 valence electrons. The fraction of sp³-hybridized carbons (Fsp3) is 0.176. The Labute approximate surface area is 146 Å². The van der Waals surface area contributed by atoms with E-state index >= 15 is 0 Å². The number of halogens is 1. The first-order valence-electron chi connectivity index (χ1n) is 7.22. The normalized spacial score (nSPS) is 10.7. The van der Waals surface area contributed by atoms with Crippen LogP contribution in [0.3, 0.4) is 0 Å². The van der Waals surface area contributed by atoms with Gasteiger partial charge in [-0.2, -0.15) is 5.10 Å². The molecule has 2 aromatic rings. The Hall–Kier alpha value is -2.11. The Morgan fingerprint density at radius 3 is 2.65 bits per heavy atom. The van der Waals surface area contributed by atoms with Crippen LogP contribution in [0.25, 0.3) is 0 Å². The molecule has 23 heavy (non-hydrogen) atoms. The van der Waals surface area contributed by atoms with Gasteiger partial charge in [0.15, 0.2) is 5.11 Å². The molecule has 0 bridgehead atoms. The van der Waals surface area contributed by atoms with Gasteiger partial charge in [0.1, 0.15) is 0 Å². The van der Waals surface area contributed by atoms with Crippen LogP contribution >= 0.6 is 23.8 Å². The highest BCUT2D eigenvalue weighted by atomic mass is 35.5. The summed E-state index contributed by atoms with van der Waals surface area (Å²) in [4.78, 5) is 0. The van der Waals surface area contributed by atoms with E-state index in [2.05, 4.69) is 41.1 Å². The van der Waals surface area contributed by atoms with Gasteiger partial charge in [-0.25, -0.2) is 0 Å². The number of benzene rings is 2. The number of nitrogens with two attached hydrogens (primary N) is 1. The molecule has 0 saturated heterocycles. The van der Waals surface area contributed by atoms with Crippen molar-refractivity contribution in [3.63, 3.8) is 0 Å². The topological polar surface area (TPSA) is 62.4 Å². The summed E-state index contributed by atoms with van der Waals surface area (Å²) >= 11 is 10.6.